The Bertz CT molecular complexity index is 685. The molecule has 0 spiro atoms. The standard InChI is InChI=1S/C18H22ClN3O2.2ClH/c1-22(15-8-10-20-11-9-15)18(23)7-6-17-21-12-16(24-17)13-2-4-14(19)5-3-13;;/h2-5,12,15,20H,6-11H2,1H3;2*1H. The lowest BCUT2D eigenvalue weighted by atomic mass is 10.0. The molecule has 0 radical (unpaired) electrons. The van der Waals surface area contributed by atoms with Gasteiger partial charge in [0.15, 0.2) is 11.7 Å². The van der Waals surface area contributed by atoms with Gasteiger partial charge in [-0.1, -0.05) is 11.6 Å². The minimum atomic E-state index is 0. The Kier molecular flexibility index (Phi) is 9.44. The van der Waals surface area contributed by atoms with E-state index in [0.717, 1.165) is 31.5 Å². The van der Waals surface area contributed by atoms with Crippen LogP contribution in [0.2, 0.25) is 5.02 Å². The molecule has 0 unspecified atom stereocenters. The number of benzene rings is 1. The van der Waals surface area contributed by atoms with Crippen LogP contribution in [0.3, 0.4) is 0 Å². The molecule has 26 heavy (non-hydrogen) atoms. The number of hydrogen-bond donors (Lipinski definition) is 1. The summed E-state index contributed by atoms with van der Waals surface area (Å²) in [4.78, 5) is 18.5. The van der Waals surface area contributed by atoms with E-state index in [1.165, 1.54) is 0 Å². The van der Waals surface area contributed by atoms with Crippen molar-refractivity contribution in [2.24, 2.45) is 0 Å². The number of carbonyl (C=O) groups excluding carboxylic acids is 1. The number of carbonyl (C=O) groups is 1. The first-order valence-electron chi connectivity index (χ1n) is 8.30. The Morgan fingerprint density at radius 3 is 2.58 bits per heavy atom. The van der Waals surface area contributed by atoms with E-state index in [9.17, 15) is 4.79 Å². The molecule has 1 aromatic carbocycles. The predicted octanol–water partition coefficient (Wildman–Crippen LogP) is 3.98. The molecule has 1 N–H and O–H groups in total. The number of nitrogens with zero attached hydrogens (tertiary/aromatic N) is 2. The molecule has 0 saturated carbocycles. The fourth-order valence-electron chi connectivity index (χ4n) is 2.96. The highest BCUT2D eigenvalue weighted by atomic mass is 35.5. The van der Waals surface area contributed by atoms with Gasteiger partial charge < -0.3 is 14.6 Å². The highest BCUT2D eigenvalue weighted by Gasteiger charge is 2.22. The highest BCUT2D eigenvalue weighted by Crippen LogP contribution is 2.23. The fourth-order valence-corrected chi connectivity index (χ4v) is 3.09. The first-order valence-corrected chi connectivity index (χ1v) is 8.68. The number of nitrogens with one attached hydrogen (secondary N) is 1. The fraction of sp³-hybridized carbons (Fsp3) is 0.444. The summed E-state index contributed by atoms with van der Waals surface area (Å²) in [5, 5.41) is 4.00. The quantitative estimate of drug-likeness (QED) is 0.795. The normalized spacial score (nSPS) is 14.2. The van der Waals surface area contributed by atoms with Crippen molar-refractivity contribution in [3.8, 4) is 11.3 Å². The number of amides is 1. The minimum Gasteiger partial charge on any atom is -0.441 e. The smallest absolute Gasteiger partial charge is 0.223 e. The first-order chi connectivity index (χ1) is 11.6. The summed E-state index contributed by atoms with van der Waals surface area (Å²) in [7, 11) is 1.90. The van der Waals surface area contributed by atoms with E-state index in [2.05, 4.69) is 10.3 Å². The molecule has 3 rings (SSSR count). The van der Waals surface area contributed by atoms with Gasteiger partial charge in [-0.05, 0) is 50.2 Å². The average molecular weight is 421 g/mol. The molecule has 1 aliphatic heterocycles. The molecule has 0 aliphatic carbocycles. The Hall–Kier alpha value is -1.27. The zero-order valence-electron chi connectivity index (χ0n) is 14.6. The van der Waals surface area contributed by atoms with Crippen LogP contribution in [-0.4, -0.2) is 42.0 Å². The van der Waals surface area contributed by atoms with Gasteiger partial charge in [-0.25, -0.2) is 4.98 Å². The topological polar surface area (TPSA) is 58.4 Å². The Balaban J connectivity index is 0.00000169. The van der Waals surface area contributed by atoms with Crippen molar-refractivity contribution < 1.29 is 9.21 Å². The van der Waals surface area contributed by atoms with Crippen LogP contribution in [-0.2, 0) is 11.2 Å². The van der Waals surface area contributed by atoms with Crippen molar-refractivity contribution in [1.82, 2.24) is 15.2 Å². The van der Waals surface area contributed by atoms with E-state index >= 15 is 0 Å². The number of oxazole rings is 1. The van der Waals surface area contributed by atoms with Gasteiger partial charge in [0.05, 0.1) is 6.20 Å². The lowest BCUT2D eigenvalue weighted by molar-refractivity contribution is -0.132. The van der Waals surface area contributed by atoms with Crippen LogP contribution in [0.4, 0.5) is 0 Å². The average Bonchev–Trinajstić information content (AvgIpc) is 3.09. The van der Waals surface area contributed by atoms with Crippen molar-refractivity contribution in [1.29, 1.82) is 0 Å². The third-order valence-corrected chi connectivity index (χ3v) is 4.74. The summed E-state index contributed by atoms with van der Waals surface area (Å²) in [6.07, 6.45) is 4.66. The first kappa shape index (κ1) is 22.8. The van der Waals surface area contributed by atoms with Crippen LogP contribution in [0.1, 0.15) is 25.2 Å². The molecule has 8 heteroatoms. The van der Waals surface area contributed by atoms with E-state index in [4.69, 9.17) is 16.0 Å². The largest absolute Gasteiger partial charge is 0.441 e. The maximum atomic E-state index is 12.4. The summed E-state index contributed by atoms with van der Waals surface area (Å²) in [6.45, 7) is 1.96. The predicted molar refractivity (Wildman–Crippen MR) is 108 cm³/mol. The second-order valence-electron chi connectivity index (χ2n) is 6.11. The molecule has 1 aromatic heterocycles. The summed E-state index contributed by atoms with van der Waals surface area (Å²) in [5.74, 6) is 1.43. The molecule has 0 atom stereocenters. The molecule has 0 bridgehead atoms. The van der Waals surface area contributed by atoms with Gasteiger partial charge in [-0.15, -0.1) is 24.8 Å². The minimum absolute atomic E-state index is 0. The number of halogens is 3. The van der Waals surface area contributed by atoms with Gasteiger partial charge in [0.2, 0.25) is 5.91 Å². The number of hydrogen-bond acceptors (Lipinski definition) is 4. The number of rotatable bonds is 5. The molecular weight excluding hydrogens is 397 g/mol. The van der Waals surface area contributed by atoms with E-state index in [1.54, 1.807) is 6.20 Å². The van der Waals surface area contributed by atoms with Crippen molar-refractivity contribution in [2.45, 2.75) is 31.7 Å². The number of aryl methyl sites for hydroxylation is 1. The third-order valence-electron chi connectivity index (χ3n) is 4.48. The SMILES string of the molecule is CN(C(=O)CCc1ncc(-c2ccc(Cl)cc2)o1)C1CCNCC1.Cl.Cl. The van der Waals surface area contributed by atoms with Gasteiger partial charge in [0.1, 0.15) is 0 Å². The van der Waals surface area contributed by atoms with Gasteiger partial charge in [-0.3, -0.25) is 4.79 Å². The molecule has 144 valence electrons. The monoisotopic (exact) mass is 419 g/mol. The van der Waals surface area contributed by atoms with Crippen LogP contribution in [0, 0.1) is 0 Å². The van der Waals surface area contributed by atoms with Crippen LogP contribution in [0.5, 0.6) is 0 Å². The van der Waals surface area contributed by atoms with Crippen LogP contribution < -0.4 is 5.32 Å². The van der Waals surface area contributed by atoms with Crippen LogP contribution in [0.25, 0.3) is 11.3 Å². The maximum Gasteiger partial charge on any atom is 0.223 e. The summed E-state index contributed by atoms with van der Waals surface area (Å²) in [6, 6.07) is 7.76. The van der Waals surface area contributed by atoms with Crippen molar-refractivity contribution in [2.75, 3.05) is 20.1 Å². The van der Waals surface area contributed by atoms with Crippen molar-refractivity contribution in [3.05, 3.63) is 41.4 Å². The molecule has 1 amide bonds. The van der Waals surface area contributed by atoms with E-state index in [1.807, 2.05) is 36.2 Å². The maximum absolute atomic E-state index is 12.4. The summed E-state index contributed by atoms with van der Waals surface area (Å²) >= 11 is 5.89. The summed E-state index contributed by atoms with van der Waals surface area (Å²) in [5.41, 5.74) is 0.927. The second kappa shape index (κ2) is 10.8. The van der Waals surface area contributed by atoms with Gasteiger partial charge >= 0.3 is 0 Å². The van der Waals surface area contributed by atoms with Gasteiger partial charge in [-0.2, -0.15) is 0 Å². The van der Waals surface area contributed by atoms with Gasteiger partial charge in [0, 0.05) is 36.5 Å². The number of aromatic nitrogens is 1. The Morgan fingerprint density at radius 1 is 1.27 bits per heavy atom. The molecule has 1 saturated heterocycles. The van der Waals surface area contributed by atoms with E-state index in [0.29, 0.717) is 35.6 Å². The van der Waals surface area contributed by atoms with Crippen molar-refractivity contribution >= 4 is 42.3 Å². The zero-order chi connectivity index (χ0) is 16.9. The molecular formula is C18H24Cl3N3O2. The summed E-state index contributed by atoms with van der Waals surface area (Å²) < 4.78 is 5.75. The zero-order valence-corrected chi connectivity index (χ0v) is 17.0. The molecule has 2 heterocycles. The Morgan fingerprint density at radius 2 is 1.92 bits per heavy atom. The molecule has 5 nitrogen and oxygen atoms in total. The molecule has 2 aromatic rings. The van der Waals surface area contributed by atoms with E-state index < -0.39 is 0 Å². The Labute approximate surface area is 171 Å². The van der Waals surface area contributed by atoms with Crippen molar-refractivity contribution in [3.63, 3.8) is 0 Å². The lowest BCUT2D eigenvalue weighted by Crippen LogP contribution is -2.44. The third kappa shape index (κ3) is 5.88. The lowest BCUT2D eigenvalue weighted by Gasteiger charge is -2.31. The second-order valence-corrected chi connectivity index (χ2v) is 6.55. The van der Waals surface area contributed by atoms with Gasteiger partial charge in [0.25, 0.3) is 0 Å². The van der Waals surface area contributed by atoms with E-state index in [-0.39, 0.29) is 30.7 Å². The van der Waals surface area contributed by atoms with Crippen LogP contribution in [0.15, 0.2) is 34.9 Å². The highest BCUT2D eigenvalue weighted by molar-refractivity contribution is 6.30. The van der Waals surface area contributed by atoms with Crippen LogP contribution >= 0.6 is 36.4 Å². The molecule has 1 aliphatic rings. The number of piperidine rings is 1. The molecule has 1 fully saturated rings.